The van der Waals surface area contributed by atoms with Gasteiger partial charge in [0.1, 0.15) is 4.90 Å². The minimum atomic E-state index is -3.52. The number of aromatic nitrogens is 2. The third kappa shape index (κ3) is 4.31. The molecule has 1 aliphatic rings. The van der Waals surface area contributed by atoms with Gasteiger partial charge in [-0.1, -0.05) is 5.92 Å². The molecule has 0 unspecified atom stereocenters. The summed E-state index contributed by atoms with van der Waals surface area (Å²) in [5, 5.41) is 6.61. The molecule has 23 heavy (non-hydrogen) atoms. The summed E-state index contributed by atoms with van der Waals surface area (Å²) in [6.07, 6.45) is 7.99. The monoisotopic (exact) mass is 339 g/mol. The average Bonchev–Trinajstić information content (AvgIpc) is 3.03. The molecule has 0 bridgehead atoms. The van der Waals surface area contributed by atoms with E-state index in [1.165, 1.54) is 16.7 Å². The Morgan fingerprint density at radius 1 is 1.39 bits per heavy atom. The van der Waals surface area contributed by atoms with E-state index in [2.05, 4.69) is 16.3 Å². The van der Waals surface area contributed by atoms with Crippen LogP contribution in [0.15, 0.2) is 17.3 Å². The minimum absolute atomic E-state index is 0.150. The van der Waals surface area contributed by atoms with Crippen molar-refractivity contribution >= 4 is 15.9 Å². The summed E-state index contributed by atoms with van der Waals surface area (Å²) in [6.45, 7) is 4.65. The first-order valence-electron chi connectivity index (χ1n) is 7.42. The van der Waals surface area contributed by atoms with Gasteiger partial charge in [-0.25, -0.2) is 8.42 Å². The molecule has 0 radical (unpaired) electrons. The molecule has 1 fully saturated rings. The molecule has 0 aliphatic carbocycles. The van der Waals surface area contributed by atoms with Crippen LogP contribution in [0, 0.1) is 12.3 Å². The van der Waals surface area contributed by atoms with Crippen molar-refractivity contribution < 1.29 is 13.2 Å². The van der Waals surface area contributed by atoms with E-state index in [-0.39, 0.29) is 23.9 Å². The molecule has 126 valence electrons. The fourth-order valence-corrected chi connectivity index (χ4v) is 3.71. The molecule has 2 heterocycles. The van der Waals surface area contributed by atoms with Gasteiger partial charge in [0.25, 0.3) is 0 Å². The van der Waals surface area contributed by atoms with Gasteiger partial charge in [-0.05, 0) is 6.92 Å². The summed E-state index contributed by atoms with van der Waals surface area (Å²) < 4.78 is 28.1. The first-order chi connectivity index (χ1) is 11.0. The number of carbonyl (C=O) groups is 1. The lowest BCUT2D eigenvalue weighted by atomic mass is 10.3. The highest BCUT2D eigenvalue weighted by atomic mass is 32.2. The second kappa shape index (κ2) is 7.59. The largest absolute Gasteiger partial charge is 0.344 e. The molecular weight excluding hydrogens is 318 g/mol. The molecule has 1 amide bonds. The van der Waals surface area contributed by atoms with Gasteiger partial charge in [0.15, 0.2) is 0 Å². The highest BCUT2D eigenvalue weighted by Crippen LogP contribution is 2.16. The zero-order chi connectivity index (χ0) is 16.9. The lowest BCUT2D eigenvalue weighted by Crippen LogP contribution is -2.51. The van der Waals surface area contributed by atoms with Crippen molar-refractivity contribution in [2.24, 2.45) is 0 Å². The molecule has 1 saturated heterocycles. The van der Waals surface area contributed by atoms with E-state index in [4.69, 9.17) is 6.42 Å². The Labute approximate surface area is 136 Å². The Hall–Kier alpha value is -1.89. The molecule has 0 spiro atoms. The molecule has 0 saturated carbocycles. The highest BCUT2D eigenvalue weighted by Gasteiger charge is 2.29. The predicted molar refractivity (Wildman–Crippen MR) is 84.9 cm³/mol. The van der Waals surface area contributed by atoms with E-state index >= 15 is 0 Å². The maximum absolute atomic E-state index is 12.5. The number of piperazine rings is 1. The van der Waals surface area contributed by atoms with Crippen LogP contribution in [0.1, 0.15) is 6.92 Å². The number of rotatable bonds is 6. The smallest absolute Gasteiger partial charge is 0.246 e. The summed E-state index contributed by atoms with van der Waals surface area (Å²) in [4.78, 5) is 13.7. The zero-order valence-corrected chi connectivity index (χ0v) is 13.9. The SMILES string of the molecule is C#CCNC(=O)CN1CCN(S(=O)(=O)c2cnn(CC)c2)CC1. The number of hydrogen-bond acceptors (Lipinski definition) is 5. The van der Waals surface area contributed by atoms with Crippen LogP contribution in [0.5, 0.6) is 0 Å². The maximum Gasteiger partial charge on any atom is 0.246 e. The lowest BCUT2D eigenvalue weighted by molar-refractivity contribution is -0.122. The molecule has 0 atom stereocenters. The summed E-state index contributed by atoms with van der Waals surface area (Å²) in [6, 6.07) is 0. The van der Waals surface area contributed by atoms with Crippen molar-refractivity contribution in [3.63, 3.8) is 0 Å². The topological polar surface area (TPSA) is 87.5 Å². The van der Waals surface area contributed by atoms with Gasteiger partial charge in [0, 0.05) is 38.9 Å². The van der Waals surface area contributed by atoms with Crippen molar-refractivity contribution in [3.8, 4) is 12.3 Å². The third-order valence-electron chi connectivity index (χ3n) is 3.66. The van der Waals surface area contributed by atoms with Crippen LogP contribution < -0.4 is 5.32 Å². The molecule has 1 aliphatic heterocycles. The minimum Gasteiger partial charge on any atom is -0.344 e. The van der Waals surface area contributed by atoms with Crippen molar-refractivity contribution in [2.45, 2.75) is 18.4 Å². The predicted octanol–water partition coefficient (Wildman–Crippen LogP) is -1.04. The summed E-state index contributed by atoms with van der Waals surface area (Å²) >= 11 is 0. The number of carbonyl (C=O) groups excluding carboxylic acids is 1. The van der Waals surface area contributed by atoms with E-state index in [9.17, 15) is 13.2 Å². The number of amides is 1. The standard InChI is InChI=1S/C14H21N5O3S/c1-3-5-15-14(20)12-17-6-8-19(9-7-17)23(21,22)13-10-16-18(4-2)11-13/h1,10-11H,4-9,12H2,2H3,(H,15,20). The summed E-state index contributed by atoms with van der Waals surface area (Å²) in [7, 11) is -3.52. The Bertz CT molecular complexity index is 684. The van der Waals surface area contributed by atoms with Crippen LogP contribution in [-0.4, -0.2) is 72.6 Å². The lowest BCUT2D eigenvalue weighted by Gasteiger charge is -2.33. The van der Waals surface area contributed by atoms with Crippen LogP contribution in [0.4, 0.5) is 0 Å². The second-order valence-electron chi connectivity index (χ2n) is 5.19. The Kier molecular flexibility index (Phi) is 5.76. The number of sulfonamides is 1. The fourth-order valence-electron chi connectivity index (χ4n) is 2.34. The molecule has 1 aromatic heterocycles. The quantitative estimate of drug-likeness (QED) is 0.669. The van der Waals surface area contributed by atoms with E-state index in [0.29, 0.717) is 32.7 Å². The molecule has 2 rings (SSSR count). The Morgan fingerprint density at radius 3 is 2.65 bits per heavy atom. The number of nitrogens with one attached hydrogen (secondary N) is 1. The average molecular weight is 339 g/mol. The van der Waals surface area contributed by atoms with Crippen molar-refractivity contribution in [1.82, 2.24) is 24.3 Å². The van der Waals surface area contributed by atoms with Gasteiger partial charge < -0.3 is 5.32 Å². The highest BCUT2D eigenvalue weighted by molar-refractivity contribution is 7.89. The number of aryl methyl sites for hydroxylation is 1. The van der Waals surface area contributed by atoms with Gasteiger partial charge in [-0.15, -0.1) is 6.42 Å². The van der Waals surface area contributed by atoms with E-state index in [1.807, 2.05) is 11.8 Å². The number of nitrogens with zero attached hydrogens (tertiary/aromatic N) is 4. The fraction of sp³-hybridized carbons (Fsp3) is 0.571. The van der Waals surface area contributed by atoms with Crippen LogP contribution in [-0.2, 0) is 21.4 Å². The third-order valence-corrected chi connectivity index (χ3v) is 5.51. The van der Waals surface area contributed by atoms with E-state index in [0.717, 1.165) is 0 Å². The van der Waals surface area contributed by atoms with Gasteiger partial charge in [0.2, 0.25) is 15.9 Å². The molecule has 9 heteroatoms. The molecule has 1 N–H and O–H groups in total. The van der Waals surface area contributed by atoms with Gasteiger partial charge in [-0.3, -0.25) is 14.4 Å². The molecule has 0 aromatic carbocycles. The summed E-state index contributed by atoms with van der Waals surface area (Å²) in [5.41, 5.74) is 0. The van der Waals surface area contributed by atoms with Crippen LogP contribution in [0.25, 0.3) is 0 Å². The van der Waals surface area contributed by atoms with E-state index in [1.54, 1.807) is 4.68 Å². The normalized spacial score (nSPS) is 16.9. The van der Waals surface area contributed by atoms with Crippen LogP contribution >= 0.6 is 0 Å². The van der Waals surface area contributed by atoms with Crippen molar-refractivity contribution in [2.75, 3.05) is 39.3 Å². The first-order valence-corrected chi connectivity index (χ1v) is 8.86. The van der Waals surface area contributed by atoms with Crippen LogP contribution in [0.2, 0.25) is 0 Å². The Balaban J connectivity index is 1.91. The van der Waals surface area contributed by atoms with E-state index < -0.39 is 10.0 Å². The van der Waals surface area contributed by atoms with Crippen LogP contribution in [0.3, 0.4) is 0 Å². The van der Waals surface area contributed by atoms with Crippen molar-refractivity contribution in [1.29, 1.82) is 0 Å². The maximum atomic E-state index is 12.5. The zero-order valence-electron chi connectivity index (χ0n) is 13.1. The second-order valence-corrected chi connectivity index (χ2v) is 7.13. The van der Waals surface area contributed by atoms with Gasteiger partial charge in [0.05, 0.1) is 19.3 Å². The van der Waals surface area contributed by atoms with Crippen molar-refractivity contribution in [3.05, 3.63) is 12.4 Å². The molecular formula is C14H21N5O3S. The molecule has 1 aromatic rings. The summed E-state index contributed by atoms with van der Waals surface area (Å²) in [5.74, 6) is 2.19. The first kappa shape index (κ1) is 17.5. The molecule has 8 nitrogen and oxygen atoms in total. The number of hydrogen-bond donors (Lipinski definition) is 1. The van der Waals surface area contributed by atoms with Gasteiger partial charge >= 0.3 is 0 Å². The Morgan fingerprint density at radius 2 is 2.09 bits per heavy atom. The number of terminal acetylenes is 1. The van der Waals surface area contributed by atoms with Gasteiger partial charge in [-0.2, -0.15) is 9.40 Å².